The lowest BCUT2D eigenvalue weighted by atomic mass is 9.91. The molecule has 0 spiro atoms. The molecule has 1 fully saturated rings. The first-order chi connectivity index (χ1) is 11.8. The van der Waals surface area contributed by atoms with Crippen molar-refractivity contribution in [1.29, 1.82) is 5.26 Å². The van der Waals surface area contributed by atoms with Gasteiger partial charge in [0.25, 0.3) is 0 Å². The lowest BCUT2D eigenvalue weighted by Crippen LogP contribution is -2.39. The van der Waals surface area contributed by atoms with Crippen LogP contribution in [0, 0.1) is 11.3 Å². The van der Waals surface area contributed by atoms with Gasteiger partial charge in [0.1, 0.15) is 11.9 Å². The van der Waals surface area contributed by atoms with E-state index in [2.05, 4.69) is 25.4 Å². The summed E-state index contributed by atoms with van der Waals surface area (Å²) < 4.78 is 0. The van der Waals surface area contributed by atoms with Crippen molar-refractivity contribution in [3.05, 3.63) is 24.2 Å². The zero-order valence-corrected chi connectivity index (χ0v) is 12.9. The van der Waals surface area contributed by atoms with Crippen LogP contribution in [0.2, 0.25) is 0 Å². The van der Waals surface area contributed by atoms with Gasteiger partial charge in [0.2, 0.25) is 5.91 Å². The number of hydrogen-bond acceptors (Lipinski definition) is 6. The molecule has 3 aromatic rings. The Balaban J connectivity index is 1.77. The van der Waals surface area contributed by atoms with Gasteiger partial charge in [-0.1, -0.05) is 0 Å². The summed E-state index contributed by atoms with van der Waals surface area (Å²) in [6.07, 6.45) is 5.14. The summed E-state index contributed by atoms with van der Waals surface area (Å²) in [5, 5.41) is 26.3. The number of nitriles is 1. The van der Waals surface area contributed by atoms with Crippen LogP contribution >= 0.6 is 0 Å². The molecule has 0 radical (unpaired) electrons. The highest BCUT2D eigenvalue weighted by Crippen LogP contribution is 2.32. The number of piperidine rings is 1. The third kappa shape index (κ3) is 2.34. The van der Waals surface area contributed by atoms with Crippen LogP contribution < -0.4 is 0 Å². The number of nitrogens with zero attached hydrogens (tertiary/aromatic N) is 6. The van der Waals surface area contributed by atoms with Crippen LogP contribution in [0.4, 0.5) is 0 Å². The van der Waals surface area contributed by atoms with Crippen molar-refractivity contribution >= 4 is 27.8 Å². The lowest BCUT2D eigenvalue weighted by Gasteiger charge is -2.32. The maximum absolute atomic E-state index is 12.1. The first-order valence-corrected chi connectivity index (χ1v) is 7.87. The average molecular weight is 321 g/mol. The highest BCUT2D eigenvalue weighted by molar-refractivity contribution is 6.03. The van der Waals surface area contributed by atoms with Gasteiger partial charge >= 0.3 is 0 Å². The van der Waals surface area contributed by atoms with Crippen molar-refractivity contribution < 1.29 is 4.79 Å². The number of likely N-dealkylation sites (tertiary alicyclic amines) is 1. The maximum atomic E-state index is 12.1. The van der Waals surface area contributed by atoms with E-state index in [0.717, 1.165) is 29.3 Å². The van der Waals surface area contributed by atoms with Gasteiger partial charge in [-0.25, -0.2) is 4.98 Å². The van der Waals surface area contributed by atoms with Crippen LogP contribution in [0.3, 0.4) is 0 Å². The van der Waals surface area contributed by atoms with Crippen molar-refractivity contribution in [3.63, 3.8) is 0 Å². The van der Waals surface area contributed by atoms with E-state index in [9.17, 15) is 4.79 Å². The fourth-order valence-electron chi connectivity index (χ4n) is 3.40. The van der Waals surface area contributed by atoms with E-state index < -0.39 is 0 Å². The van der Waals surface area contributed by atoms with Crippen molar-refractivity contribution in [2.75, 3.05) is 13.1 Å². The predicted octanol–water partition coefficient (Wildman–Crippen LogP) is 1.52. The fraction of sp³-hybridized carbons (Fsp3) is 0.375. The van der Waals surface area contributed by atoms with Gasteiger partial charge < -0.3 is 4.90 Å². The molecule has 1 atom stereocenters. The van der Waals surface area contributed by atoms with Gasteiger partial charge in [0.05, 0.1) is 12.3 Å². The molecule has 3 aromatic heterocycles. The molecule has 8 nitrogen and oxygen atoms in total. The number of aromatic nitrogens is 5. The molecule has 1 aliphatic heterocycles. The lowest BCUT2D eigenvalue weighted by molar-refractivity contribution is -0.131. The summed E-state index contributed by atoms with van der Waals surface area (Å²) in [4.78, 5) is 18.0. The third-order valence-corrected chi connectivity index (χ3v) is 4.51. The van der Waals surface area contributed by atoms with Gasteiger partial charge in [-0.15, -0.1) is 10.2 Å². The largest absolute Gasteiger partial charge is 0.341 e. The van der Waals surface area contributed by atoms with Gasteiger partial charge in [-0.05, 0) is 18.9 Å². The van der Waals surface area contributed by atoms with Gasteiger partial charge in [0, 0.05) is 41.7 Å². The highest BCUT2D eigenvalue weighted by Gasteiger charge is 2.27. The number of carbonyl (C=O) groups excluding carboxylic acids is 1. The normalized spacial score (nSPS) is 18.0. The van der Waals surface area contributed by atoms with E-state index in [1.54, 1.807) is 17.3 Å². The molecule has 1 aliphatic rings. The van der Waals surface area contributed by atoms with Crippen LogP contribution in [0.5, 0.6) is 0 Å². The number of amides is 1. The highest BCUT2D eigenvalue weighted by atomic mass is 16.2. The number of fused-ring (bicyclic) bond motifs is 3. The second-order valence-corrected chi connectivity index (χ2v) is 5.94. The van der Waals surface area contributed by atoms with Crippen molar-refractivity contribution in [2.24, 2.45) is 0 Å². The topological polar surface area (TPSA) is 111 Å². The molecule has 120 valence electrons. The third-order valence-electron chi connectivity index (χ3n) is 4.51. The van der Waals surface area contributed by atoms with E-state index >= 15 is 0 Å². The Hall–Kier alpha value is -3.08. The summed E-state index contributed by atoms with van der Waals surface area (Å²) in [6.45, 7) is 1.28. The van der Waals surface area contributed by atoms with E-state index in [1.165, 1.54) is 0 Å². The molecule has 1 saturated heterocycles. The molecule has 0 aliphatic carbocycles. The quantitative estimate of drug-likeness (QED) is 0.766. The number of rotatable bonds is 2. The van der Waals surface area contributed by atoms with E-state index in [-0.39, 0.29) is 18.2 Å². The van der Waals surface area contributed by atoms with E-state index in [0.29, 0.717) is 24.3 Å². The SMILES string of the molecule is N#CCC(=O)N1CCCC(c2[nH]ncc3nnc4nccc4c23)C1. The Bertz CT molecular complexity index is 958. The zero-order valence-electron chi connectivity index (χ0n) is 12.9. The van der Waals surface area contributed by atoms with Crippen LogP contribution in [0.25, 0.3) is 21.9 Å². The van der Waals surface area contributed by atoms with Crippen molar-refractivity contribution in [2.45, 2.75) is 25.2 Å². The molecule has 1 amide bonds. The second kappa shape index (κ2) is 5.85. The molecule has 4 heterocycles. The predicted molar refractivity (Wildman–Crippen MR) is 85.8 cm³/mol. The smallest absolute Gasteiger partial charge is 0.236 e. The number of hydrogen-bond donors (Lipinski definition) is 1. The Morgan fingerprint density at radius 2 is 2.38 bits per heavy atom. The molecule has 0 aromatic carbocycles. The standard InChI is InChI=1S/C16H15N7O/c17-5-3-13(24)23-7-1-2-10(9-23)15-14-11-4-6-18-16(11)22-20-12(14)8-19-21-15/h4,6,8,10,21H,1-3,7,9H2. The summed E-state index contributed by atoms with van der Waals surface area (Å²) in [5.74, 6) is 0.00945. The number of H-pyrrole nitrogens is 1. The summed E-state index contributed by atoms with van der Waals surface area (Å²) in [5.41, 5.74) is 2.27. The molecule has 0 bridgehead atoms. The molecule has 4 rings (SSSR count). The molecule has 8 heteroatoms. The average Bonchev–Trinajstić information content (AvgIpc) is 3.10. The minimum atomic E-state index is -0.115. The number of carbonyl (C=O) groups is 1. The first-order valence-electron chi connectivity index (χ1n) is 7.87. The Morgan fingerprint density at radius 1 is 1.46 bits per heavy atom. The summed E-state index contributed by atoms with van der Waals surface area (Å²) >= 11 is 0. The molecule has 24 heavy (non-hydrogen) atoms. The zero-order chi connectivity index (χ0) is 16.5. The van der Waals surface area contributed by atoms with Crippen LogP contribution in [-0.2, 0) is 4.79 Å². The minimum absolute atomic E-state index is 0.0767. The monoisotopic (exact) mass is 321 g/mol. The van der Waals surface area contributed by atoms with Gasteiger partial charge in [-0.2, -0.15) is 10.4 Å². The maximum Gasteiger partial charge on any atom is 0.236 e. The van der Waals surface area contributed by atoms with Crippen LogP contribution in [0.1, 0.15) is 30.9 Å². The molecule has 0 saturated carbocycles. The molecular formula is C16H15N7O. The fourth-order valence-corrected chi connectivity index (χ4v) is 3.40. The van der Waals surface area contributed by atoms with Gasteiger partial charge in [-0.3, -0.25) is 9.89 Å². The Morgan fingerprint density at radius 3 is 3.25 bits per heavy atom. The number of aromatic amines is 1. The summed E-state index contributed by atoms with van der Waals surface area (Å²) in [6, 6.07) is 3.85. The molecule has 1 unspecified atom stereocenters. The minimum Gasteiger partial charge on any atom is -0.341 e. The van der Waals surface area contributed by atoms with Crippen LogP contribution in [-0.4, -0.2) is 49.3 Å². The van der Waals surface area contributed by atoms with Gasteiger partial charge in [0.15, 0.2) is 5.65 Å². The second-order valence-electron chi connectivity index (χ2n) is 5.94. The van der Waals surface area contributed by atoms with Crippen LogP contribution in [0.15, 0.2) is 18.5 Å². The summed E-state index contributed by atoms with van der Waals surface area (Å²) in [7, 11) is 0. The van der Waals surface area contributed by atoms with Crippen molar-refractivity contribution in [3.8, 4) is 6.07 Å². The number of nitrogens with one attached hydrogen (secondary N) is 1. The van der Waals surface area contributed by atoms with E-state index in [4.69, 9.17) is 5.26 Å². The Kier molecular flexibility index (Phi) is 3.54. The molecular weight excluding hydrogens is 306 g/mol. The molecule has 1 N–H and O–H groups in total. The van der Waals surface area contributed by atoms with Crippen molar-refractivity contribution in [1.82, 2.24) is 30.3 Å². The first kappa shape index (κ1) is 14.5. The Labute approximate surface area is 137 Å². The van der Waals surface area contributed by atoms with E-state index in [1.807, 2.05) is 12.1 Å².